The number of rotatable bonds is 20. The molecule has 0 aliphatic carbocycles. The first-order valence-electron chi connectivity index (χ1n) is 12.2. The second-order valence-electron chi connectivity index (χ2n) is 8.07. The topological polar surface area (TPSA) is 20.3 Å². The summed E-state index contributed by atoms with van der Waals surface area (Å²) in [4.78, 5) is 14.4. The van der Waals surface area contributed by atoms with Gasteiger partial charge in [0, 0.05) is 19.5 Å². The summed E-state index contributed by atoms with van der Waals surface area (Å²) in [6, 6.07) is 0. The number of hydrogen-bond acceptors (Lipinski definition) is 1. The average Bonchev–Trinajstić information content (AvgIpc) is 2.68. The van der Waals surface area contributed by atoms with Crippen LogP contribution in [0.4, 0.5) is 0 Å². The van der Waals surface area contributed by atoms with E-state index in [4.69, 9.17) is 0 Å². The molecule has 160 valence electrons. The molecule has 0 aromatic rings. The standard InChI is InChI=1S/C25H49NO/c1-4-7-9-10-11-12-13-14-15-16-17-18-19-20-21-22-25(27)26(23-6-3)24-8-5-2/h14-15H,4-13,16-24H2,1-3H3. The van der Waals surface area contributed by atoms with Gasteiger partial charge >= 0.3 is 0 Å². The first-order valence-corrected chi connectivity index (χ1v) is 12.2. The molecule has 0 heterocycles. The van der Waals surface area contributed by atoms with Crippen molar-refractivity contribution in [2.75, 3.05) is 13.1 Å². The molecule has 0 aromatic heterocycles. The SMILES string of the molecule is CCCCCCCCC=CCCCCCCCC(=O)N(CCC)CCCC. The fourth-order valence-corrected chi connectivity index (χ4v) is 3.49. The van der Waals surface area contributed by atoms with E-state index in [2.05, 4.69) is 37.8 Å². The monoisotopic (exact) mass is 379 g/mol. The van der Waals surface area contributed by atoms with Gasteiger partial charge in [0.2, 0.25) is 5.91 Å². The van der Waals surface area contributed by atoms with Gasteiger partial charge in [0.15, 0.2) is 0 Å². The van der Waals surface area contributed by atoms with Gasteiger partial charge in [-0.3, -0.25) is 4.79 Å². The van der Waals surface area contributed by atoms with Crippen LogP contribution in [0.3, 0.4) is 0 Å². The molecule has 0 aliphatic rings. The Kier molecular flexibility index (Phi) is 20.9. The second kappa shape index (κ2) is 21.5. The fourth-order valence-electron chi connectivity index (χ4n) is 3.49. The van der Waals surface area contributed by atoms with Crippen LogP contribution in [0.2, 0.25) is 0 Å². The Morgan fingerprint density at radius 3 is 1.67 bits per heavy atom. The molecule has 0 aliphatic heterocycles. The van der Waals surface area contributed by atoms with E-state index in [-0.39, 0.29) is 0 Å². The van der Waals surface area contributed by atoms with E-state index in [1.54, 1.807) is 0 Å². The summed E-state index contributed by atoms with van der Waals surface area (Å²) < 4.78 is 0. The van der Waals surface area contributed by atoms with E-state index in [1.165, 1.54) is 83.5 Å². The van der Waals surface area contributed by atoms with Gasteiger partial charge in [0.25, 0.3) is 0 Å². The summed E-state index contributed by atoms with van der Waals surface area (Å²) in [6.07, 6.45) is 25.9. The fraction of sp³-hybridized carbons (Fsp3) is 0.880. The van der Waals surface area contributed by atoms with E-state index in [0.717, 1.165) is 38.8 Å². The minimum absolute atomic E-state index is 0.378. The van der Waals surface area contributed by atoms with E-state index < -0.39 is 0 Å². The highest BCUT2D eigenvalue weighted by molar-refractivity contribution is 5.76. The number of carbonyl (C=O) groups is 1. The van der Waals surface area contributed by atoms with Crippen molar-refractivity contribution in [2.24, 2.45) is 0 Å². The zero-order chi connectivity index (χ0) is 20.0. The molecule has 27 heavy (non-hydrogen) atoms. The lowest BCUT2D eigenvalue weighted by atomic mass is 10.1. The van der Waals surface area contributed by atoms with Gasteiger partial charge in [0.05, 0.1) is 0 Å². The van der Waals surface area contributed by atoms with E-state index in [1.807, 2.05) is 0 Å². The number of unbranched alkanes of at least 4 members (excludes halogenated alkanes) is 12. The Balaban J connectivity index is 3.45. The van der Waals surface area contributed by atoms with Gasteiger partial charge < -0.3 is 4.90 Å². The predicted molar refractivity (Wildman–Crippen MR) is 121 cm³/mol. The maximum atomic E-state index is 12.3. The van der Waals surface area contributed by atoms with Crippen LogP contribution in [0.15, 0.2) is 12.2 Å². The molecule has 0 saturated heterocycles. The van der Waals surface area contributed by atoms with Crippen molar-refractivity contribution in [3.05, 3.63) is 12.2 Å². The zero-order valence-electron chi connectivity index (χ0n) is 18.9. The zero-order valence-corrected chi connectivity index (χ0v) is 18.9. The summed E-state index contributed by atoms with van der Waals surface area (Å²) in [6.45, 7) is 8.52. The third kappa shape index (κ3) is 18.3. The first-order chi connectivity index (χ1) is 13.3. The van der Waals surface area contributed by atoms with E-state index >= 15 is 0 Å². The van der Waals surface area contributed by atoms with Gasteiger partial charge in [-0.25, -0.2) is 0 Å². The molecule has 0 aromatic carbocycles. The van der Waals surface area contributed by atoms with Crippen LogP contribution in [-0.2, 0) is 4.79 Å². The minimum Gasteiger partial charge on any atom is -0.343 e. The van der Waals surface area contributed by atoms with E-state index in [0.29, 0.717) is 5.91 Å². The molecule has 0 spiro atoms. The molecule has 0 atom stereocenters. The van der Waals surface area contributed by atoms with Gasteiger partial charge in [0.1, 0.15) is 0 Å². The quantitative estimate of drug-likeness (QED) is 0.155. The van der Waals surface area contributed by atoms with Crippen LogP contribution in [0.1, 0.15) is 130 Å². The van der Waals surface area contributed by atoms with Crippen molar-refractivity contribution in [1.29, 1.82) is 0 Å². The Bertz CT molecular complexity index is 337. The van der Waals surface area contributed by atoms with Gasteiger partial charge in [-0.05, 0) is 44.9 Å². The van der Waals surface area contributed by atoms with Crippen molar-refractivity contribution in [3.8, 4) is 0 Å². The van der Waals surface area contributed by atoms with Crippen LogP contribution in [0.5, 0.6) is 0 Å². The largest absolute Gasteiger partial charge is 0.343 e. The summed E-state index contributed by atoms with van der Waals surface area (Å²) in [5, 5.41) is 0. The molecular formula is C25H49NO. The van der Waals surface area contributed by atoms with Crippen molar-refractivity contribution in [3.63, 3.8) is 0 Å². The van der Waals surface area contributed by atoms with Gasteiger partial charge in [-0.1, -0.05) is 90.7 Å². The van der Waals surface area contributed by atoms with Crippen molar-refractivity contribution >= 4 is 5.91 Å². The Morgan fingerprint density at radius 1 is 0.593 bits per heavy atom. The predicted octanol–water partition coefficient (Wildman–Crippen LogP) is 8.06. The van der Waals surface area contributed by atoms with Crippen molar-refractivity contribution in [2.45, 2.75) is 130 Å². The molecule has 0 saturated carbocycles. The molecular weight excluding hydrogens is 330 g/mol. The Labute approximate surface area is 171 Å². The molecule has 0 fully saturated rings. The lowest BCUT2D eigenvalue weighted by Crippen LogP contribution is -2.32. The number of carbonyl (C=O) groups excluding carboxylic acids is 1. The van der Waals surface area contributed by atoms with Crippen molar-refractivity contribution in [1.82, 2.24) is 4.90 Å². The smallest absolute Gasteiger partial charge is 0.222 e. The number of nitrogens with zero attached hydrogens (tertiary/aromatic N) is 1. The van der Waals surface area contributed by atoms with Crippen LogP contribution in [-0.4, -0.2) is 23.9 Å². The molecule has 1 amide bonds. The number of allylic oxidation sites excluding steroid dienone is 2. The van der Waals surface area contributed by atoms with Crippen LogP contribution in [0, 0.1) is 0 Å². The first kappa shape index (κ1) is 26.2. The molecule has 2 nitrogen and oxygen atoms in total. The third-order valence-electron chi connectivity index (χ3n) is 5.28. The van der Waals surface area contributed by atoms with Crippen molar-refractivity contribution < 1.29 is 4.79 Å². The Hall–Kier alpha value is -0.790. The Morgan fingerprint density at radius 2 is 1.11 bits per heavy atom. The summed E-state index contributed by atoms with van der Waals surface area (Å²) >= 11 is 0. The minimum atomic E-state index is 0.378. The molecule has 0 unspecified atom stereocenters. The molecule has 0 radical (unpaired) electrons. The highest BCUT2D eigenvalue weighted by atomic mass is 16.2. The average molecular weight is 380 g/mol. The summed E-state index contributed by atoms with van der Waals surface area (Å²) in [7, 11) is 0. The number of hydrogen-bond donors (Lipinski definition) is 0. The normalized spacial score (nSPS) is 11.4. The summed E-state index contributed by atoms with van der Waals surface area (Å²) in [5.41, 5.74) is 0. The highest BCUT2D eigenvalue weighted by Gasteiger charge is 2.11. The lowest BCUT2D eigenvalue weighted by molar-refractivity contribution is -0.131. The van der Waals surface area contributed by atoms with E-state index in [9.17, 15) is 4.79 Å². The molecule has 0 rings (SSSR count). The van der Waals surface area contributed by atoms with Gasteiger partial charge in [-0.2, -0.15) is 0 Å². The highest BCUT2D eigenvalue weighted by Crippen LogP contribution is 2.11. The number of amides is 1. The molecule has 2 heteroatoms. The third-order valence-corrected chi connectivity index (χ3v) is 5.28. The summed E-state index contributed by atoms with van der Waals surface area (Å²) in [5.74, 6) is 0.378. The van der Waals surface area contributed by atoms with Gasteiger partial charge in [-0.15, -0.1) is 0 Å². The maximum Gasteiger partial charge on any atom is 0.222 e. The van der Waals surface area contributed by atoms with Crippen LogP contribution >= 0.6 is 0 Å². The van der Waals surface area contributed by atoms with Crippen LogP contribution < -0.4 is 0 Å². The molecule has 0 bridgehead atoms. The lowest BCUT2D eigenvalue weighted by Gasteiger charge is -2.21. The molecule has 0 N–H and O–H groups in total. The maximum absolute atomic E-state index is 12.3. The second-order valence-corrected chi connectivity index (χ2v) is 8.07. The van der Waals surface area contributed by atoms with Crippen LogP contribution in [0.25, 0.3) is 0 Å².